The number of rotatable bonds is 6. The first kappa shape index (κ1) is 15.9. The zero-order chi connectivity index (χ0) is 15.2. The van der Waals surface area contributed by atoms with Crippen LogP contribution in [0.3, 0.4) is 0 Å². The average molecular weight is 369 g/mol. The fourth-order valence-electron chi connectivity index (χ4n) is 1.84. The van der Waals surface area contributed by atoms with Gasteiger partial charge in [0.05, 0.1) is 11.1 Å². The Morgan fingerprint density at radius 2 is 2.00 bits per heavy atom. The quantitative estimate of drug-likeness (QED) is 0.624. The summed E-state index contributed by atoms with van der Waals surface area (Å²) in [5.41, 5.74) is 7.15. The van der Waals surface area contributed by atoms with Gasteiger partial charge in [-0.3, -0.25) is 4.98 Å². The van der Waals surface area contributed by atoms with E-state index in [2.05, 4.69) is 20.9 Å². The van der Waals surface area contributed by atoms with Crippen molar-refractivity contribution < 1.29 is 9.13 Å². The second-order valence-electron chi connectivity index (χ2n) is 4.41. The van der Waals surface area contributed by atoms with Gasteiger partial charge in [0.1, 0.15) is 4.99 Å². The summed E-state index contributed by atoms with van der Waals surface area (Å²) < 4.78 is 19.8. The van der Waals surface area contributed by atoms with Crippen molar-refractivity contribution in [2.45, 2.75) is 12.8 Å². The van der Waals surface area contributed by atoms with Crippen LogP contribution in [-0.2, 0) is 6.42 Å². The first-order chi connectivity index (χ1) is 10.1. The van der Waals surface area contributed by atoms with E-state index in [-0.39, 0.29) is 15.2 Å². The summed E-state index contributed by atoms with van der Waals surface area (Å²) in [6.45, 7) is 0.429. The third-order valence-corrected chi connectivity index (χ3v) is 3.92. The van der Waals surface area contributed by atoms with Crippen LogP contribution in [0.1, 0.15) is 17.5 Å². The molecule has 1 aromatic heterocycles. The van der Waals surface area contributed by atoms with Gasteiger partial charge >= 0.3 is 0 Å². The van der Waals surface area contributed by atoms with Gasteiger partial charge in [0, 0.05) is 18.0 Å². The highest BCUT2D eigenvalue weighted by molar-refractivity contribution is 9.10. The standard InChI is InChI=1S/C15H14BrFN2OS/c16-13-11(15(18)21)3-4-12(14(13)17)20-9-1-2-10-5-7-19-8-6-10/h3-8H,1-2,9H2,(H2,18,21). The summed E-state index contributed by atoms with van der Waals surface area (Å²) in [5.74, 6) is -0.291. The average Bonchev–Trinajstić information content (AvgIpc) is 2.48. The van der Waals surface area contributed by atoms with Crippen molar-refractivity contribution in [3.63, 3.8) is 0 Å². The highest BCUT2D eigenvalue weighted by Gasteiger charge is 2.13. The Hall–Kier alpha value is -1.53. The van der Waals surface area contributed by atoms with Gasteiger partial charge in [-0.2, -0.15) is 0 Å². The molecule has 2 rings (SSSR count). The molecule has 6 heteroatoms. The number of nitrogens with two attached hydrogens (primary N) is 1. The van der Waals surface area contributed by atoms with Crippen LogP contribution in [0.4, 0.5) is 4.39 Å². The van der Waals surface area contributed by atoms with E-state index in [1.54, 1.807) is 24.5 Å². The third-order valence-electron chi connectivity index (χ3n) is 2.93. The fourth-order valence-corrected chi connectivity index (χ4v) is 2.68. The molecule has 0 aliphatic rings. The zero-order valence-corrected chi connectivity index (χ0v) is 13.6. The molecule has 0 saturated carbocycles. The number of thiocarbonyl (C=S) groups is 1. The fraction of sp³-hybridized carbons (Fsp3) is 0.200. The molecule has 2 N–H and O–H groups in total. The maximum absolute atomic E-state index is 14.1. The molecule has 0 atom stereocenters. The maximum atomic E-state index is 14.1. The SMILES string of the molecule is NC(=S)c1ccc(OCCCc2ccncc2)c(F)c1Br. The van der Waals surface area contributed by atoms with Crippen LogP contribution < -0.4 is 10.5 Å². The Kier molecular flexibility index (Phi) is 5.64. The van der Waals surface area contributed by atoms with Crippen molar-refractivity contribution in [2.24, 2.45) is 5.73 Å². The molecule has 0 radical (unpaired) electrons. The lowest BCUT2D eigenvalue weighted by molar-refractivity contribution is 0.295. The summed E-state index contributed by atoms with van der Waals surface area (Å²) >= 11 is 8.00. The van der Waals surface area contributed by atoms with Crippen LogP contribution in [0.2, 0.25) is 0 Å². The number of halogens is 2. The molecule has 0 spiro atoms. The van der Waals surface area contributed by atoms with Gasteiger partial charge in [-0.05, 0) is 58.6 Å². The molecule has 1 aromatic carbocycles. The largest absolute Gasteiger partial charge is 0.490 e. The smallest absolute Gasteiger partial charge is 0.179 e. The van der Waals surface area contributed by atoms with E-state index in [0.29, 0.717) is 12.2 Å². The Labute approximate surface area is 136 Å². The number of hydrogen-bond donors (Lipinski definition) is 1. The number of nitrogens with zero attached hydrogens (tertiary/aromatic N) is 1. The van der Waals surface area contributed by atoms with Crippen LogP contribution in [0.15, 0.2) is 41.1 Å². The zero-order valence-electron chi connectivity index (χ0n) is 11.2. The van der Waals surface area contributed by atoms with E-state index in [4.69, 9.17) is 22.7 Å². The molecule has 3 nitrogen and oxygen atoms in total. The summed E-state index contributed by atoms with van der Waals surface area (Å²) in [6, 6.07) is 7.09. The van der Waals surface area contributed by atoms with Crippen molar-refractivity contribution in [1.29, 1.82) is 0 Å². The monoisotopic (exact) mass is 368 g/mol. The number of hydrogen-bond acceptors (Lipinski definition) is 3. The topological polar surface area (TPSA) is 48.1 Å². The second-order valence-corrected chi connectivity index (χ2v) is 5.64. The number of ether oxygens (including phenoxy) is 1. The van der Waals surface area contributed by atoms with Crippen LogP contribution in [0.5, 0.6) is 5.75 Å². The minimum Gasteiger partial charge on any atom is -0.490 e. The van der Waals surface area contributed by atoms with E-state index in [1.807, 2.05) is 12.1 Å². The van der Waals surface area contributed by atoms with Crippen molar-refractivity contribution in [3.05, 3.63) is 58.1 Å². The lowest BCUT2D eigenvalue weighted by Gasteiger charge is -2.10. The Morgan fingerprint density at radius 3 is 2.67 bits per heavy atom. The molecule has 0 fully saturated rings. The number of aromatic nitrogens is 1. The molecular weight excluding hydrogens is 355 g/mol. The van der Waals surface area contributed by atoms with Gasteiger partial charge in [-0.25, -0.2) is 4.39 Å². The lowest BCUT2D eigenvalue weighted by Crippen LogP contribution is -2.11. The predicted molar refractivity (Wildman–Crippen MR) is 88.0 cm³/mol. The van der Waals surface area contributed by atoms with Gasteiger partial charge < -0.3 is 10.5 Å². The van der Waals surface area contributed by atoms with Gasteiger partial charge in [-0.15, -0.1) is 0 Å². The minimum atomic E-state index is -0.482. The van der Waals surface area contributed by atoms with Crippen LogP contribution >= 0.6 is 28.1 Å². The Morgan fingerprint density at radius 1 is 1.29 bits per heavy atom. The van der Waals surface area contributed by atoms with Crippen molar-refractivity contribution in [1.82, 2.24) is 4.98 Å². The minimum absolute atomic E-state index is 0.144. The summed E-state index contributed by atoms with van der Waals surface area (Å²) in [5, 5.41) is 0. The normalized spacial score (nSPS) is 10.4. The number of aryl methyl sites for hydroxylation is 1. The number of benzene rings is 1. The molecule has 0 bridgehead atoms. The maximum Gasteiger partial charge on any atom is 0.179 e. The molecule has 0 amide bonds. The molecule has 0 aliphatic carbocycles. The predicted octanol–water partition coefficient (Wildman–Crippen LogP) is 3.63. The van der Waals surface area contributed by atoms with E-state index in [0.717, 1.165) is 12.8 Å². The molecule has 2 aromatic rings. The molecule has 1 heterocycles. The molecule has 110 valence electrons. The summed E-state index contributed by atoms with van der Waals surface area (Å²) in [4.78, 5) is 4.10. The van der Waals surface area contributed by atoms with E-state index < -0.39 is 5.82 Å². The molecule has 0 saturated heterocycles. The second kappa shape index (κ2) is 7.47. The lowest BCUT2D eigenvalue weighted by atomic mass is 10.1. The highest BCUT2D eigenvalue weighted by Crippen LogP contribution is 2.28. The Bertz CT molecular complexity index is 637. The van der Waals surface area contributed by atoms with E-state index in [9.17, 15) is 4.39 Å². The molecule has 21 heavy (non-hydrogen) atoms. The molecule has 0 unspecified atom stereocenters. The molecular formula is C15H14BrFN2OS. The highest BCUT2D eigenvalue weighted by atomic mass is 79.9. The van der Waals surface area contributed by atoms with Crippen molar-refractivity contribution >= 4 is 33.1 Å². The van der Waals surface area contributed by atoms with Crippen molar-refractivity contribution in [3.8, 4) is 5.75 Å². The van der Waals surface area contributed by atoms with Gasteiger partial charge in [0.2, 0.25) is 0 Å². The van der Waals surface area contributed by atoms with Gasteiger partial charge in [-0.1, -0.05) is 12.2 Å². The van der Waals surface area contributed by atoms with Crippen molar-refractivity contribution in [2.75, 3.05) is 6.61 Å². The third kappa shape index (κ3) is 4.22. The first-order valence-corrected chi connectivity index (χ1v) is 7.59. The van der Waals surface area contributed by atoms with Gasteiger partial charge in [0.25, 0.3) is 0 Å². The Balaban J connectivity index is 1.92. The van der Waals surface area contributed by atoms with Crippen LogP contribution in [0.25, 0.3) is 0 Å². The van der Waals surface area contributed by atoms with E-state index >= 15 is 0 Å². The molecule has 0 aliphatic heterocycles. The number of pyridine rings is 1. The first-order valence-electron chi connectivity index (χ1n) is 6.39. The van der Waals surface area contributed by atoms with E-state index in [1.165, 1.54) is 5.56 Å². The summed E-state index contributed by atoms with van der Waals surface area (Å²) in [6.07, 6.45) is 5.15. The van der Waals surface area contributed by atoms with Crippen LogP contribution in [0, 0.1) is 5.82 Å². The van der Waals surface area contributed by atoms with Crippen LogP contribution in [-0.4, -0.2) is 16.6 Å². The summed E-state index contributed by atoms with van der Waals surface area (Å²) in [7, 11) is 0. The van der Waals surface area contributed by atoms with Gasteiger partial charge in [0.15, 0.2) is 11.6 Å².